The van der Waals surface area contributed by atoms with E-state index in [0.717, 1.165) is 50.0 Å². The number of aromatic nitrogens is 2. The molecule has 2 aromatic heterocycles. The predicted octanol–water partition coefficient (Wildman–Crippen LogP) is 2.25. The van der Waals surface area contributed by atoms with Gasteiger partial charge in [-0.1, -0.05) is 6.92 Å². The summed E-state index contributed by atoms with van der Waals surface area (Å²) in [6, 6.07) is 0. The minimum Gasteiger partial charge on any atom is -0.379 e. The van der Waals surface area contributed by atoms with Crippen LogP contribution >= 0.6 is 22.7 Å². The lowest BCUT2D eigenvalue weighted by molar-refractivity contribution is 0.0337. The van der Waals surface area contributed by atoms with Crippen molar-refractivity contribution in [1.82, 2.24) is 14.9 Å². The maximum Gasteiger partial charge on any atom is 0.269 e. The normalized spacial score (nSPS) is 15.9. The Kier molecular flexibility index (Phi) is 5.14. The molecular formula is C14H18N4O2S2. The number of rotatable bonds is 5. The van der Waals surface area contributed by atoms with Gasteiger partial charge < -0.3 is 4.74 Å². The Hall–Kier alpha value is -1.35. The first-order valence-electron chi connectivity index (χ1n) is 7.25. The summed E-state index contributed by atoms with van der Waals surface area (Å²) in [5.41, 5.74) is 0.987. The molecule has 2 aromatic rings. The third-order valence-corrected chi connectivity index (χ3v) is 5.29. The average Bonchev–Trinajstić information content (AvgIpc) is 3.17. The smallest absolute Gasteiger partial charge is 0.269 e. The number of hydrogen-bond acceptors (Lipinski definition) is 7. The zero-order valence-corrected chi connectivity index (χ0v) is 14.0. The molecule has 118 valence electrons. The molecule has 0 atom stereocenters. The predicted molar refractivity (Wildman–Crippen MR) is 87.7 cm³/mol. The zero-order chi connectivity index (χ0) is 15.4. The maximum absolute atomic E-state index is 12.1. The first-order valence-corrected chi connectivity index (χ1v) is 8.94. The number of ether oxygens (including phenoxy) is 1. The number of nitrogens with one attached hydrogen (secondary N) is 1. The van der Waals surface area contributed by atoms with Crippen LogP contribution in [0.25, 0.3) is 0 Å². The highest BCUT2D eigenvalue weighted by atomic mass is 32.1. The van der Waals surface area contributed by atoms with Crippen molar-refractivity contribution in [3.05, 3.63) is 27.2 Å². The van der Waals surface area contributed by atoms with Crippen molar-refractivity contribution >= 4 is 33.7 Å². The van der Waals surface area contributed by atoms with Gasteiger partial charge in [-0.05, 0) is 6.42 Å². The van der Waals surface area contributed by atoms with E-state index in [0.29, 0.717) is 10.0 Å². The quantitative estimate of drug-likeness (QED) is 0.906. The third kappa shape index (κ3) is 3.89. The minimum absolute atomic E-state index is 0.135. The summed E-state index contributed by atoms with van der Waals surface area (Å²) >= 11 is 2.88. The Morgan fingerprint density at radius 1 is 1.45 bits per heavy atom. The molecule has 1 N–H and O–H groups in total. The molecule has 0 bridgehead atoms. The van der Waals surface area contributed by atoms with Gasteiger partial charge >= 0.3 is 0 Å². The van der Waals surface area contributed by atoms with Crippen LogP contribution in [-0.4, -0.2) is 47.1 Å². The second-order valence-electron chi connectivity index (χ2n) is 4.96. The van der Waals surface area contributed by atoms with Gasteiger partial charge in [-0.15, -0.1) is 22.7 Å². The number of nitrogens with zero attached hydrogens (tertiary/aromatic N) is 3. The fourth-order valence-corrected chi connectivity index (χ4v) is 3.61. The Morgan fingerprint density at radius 2 is 2.27 bits per heavy atom. The van der Waals surface area contributed by atoms with E-state index in [1.54, 1.807) is 6.20 Å². The van der Waals surface area contributed by atoms with E-state index >= 15 is 0 Å². The monoisotopic (exact) mass is 338 g/mol. The molecule has 1 fully saturated rings. The summed E-state index contributed by atoms with van der Waals surface area (Å²) < 4.78 is 5.33. The van der Waals surface area contributed by atoms with Gasteiger partial charge in [0.25, 0.3) is 5.91 Å². The minimum atomic E-state index is -0.135. The fourth-order valence-electron chi connectivity index (χ4n) is 2.16. The van der Waals surface area contributed by atoms with Crippen molar-refractivity contribution in [3.8, 4) is 0 Å². The molecule has 0 unspecified atom stereocenters. The largest absolute Gasteiger partial charge is 0.379 e. The molecule has 1 saturated heterocycles. The molecule has 3 rings (SSSR count). The number of aryl methyl sites for hydroxylation is 1. The molecule has 3 heterocycles. The molecule has 1 amide bonds. The maximum atomic E-state index is 12.1. The summed E-state index contributed by atoms with van der Waals surface area (Å²) in [5, 5.41) is 6.45. The Labute approximate surface area is 137 Å². The van der Waals surface area contributed by atoms with Gasteiger partial charge in [-0.3, -0.25) is 15.0 Å². The molecule has 0 radical (unpaired) electrons. The molecular weight excluding hydrogens is 320 g/mol. The standard InChI is InChI=1S/C14H18N4O2S2/c1-2-12-15-7-11(22-12)13(19)17-14-16-10(9-21-14)8-18-3-5-20-6-4-18/h7,9H,2-6,8H2,1H3,(H,16,17,19). The molecule has 0 saturated carbocycles. The van der Waals surface area contributed by atoms with E-state index in [1.165, 1.54) is 22.7 Å². The number of morpholine rings is 1. The second-order valence-corrected chi connectivity index (χ2v) is 6.93. The van der Waals surface area contributed by atoms with Crippen molar-refractivity contribution in [2.75, 3.05) is 31.6 Å². The van der Waals surface area contributed by atoms with Crippen LogP contribution in [0.1, 0.15) is 27.3 Å². The zero-order valence-electron chi connectivity index (χ0n) is 12.4. The lowest BCUT2D eigenvalue weighted by atomic mass is 10.4. The highest BCUT2D eigenvalue weighted by Crippen LogP contribution is 2.20. The van der Waals surface area contributed by atoms with E-state index in [2.05, 4.69) is 20.2 Å². The van der Waals surface area contributed by atoms with Crippen molar-refractivity contribution in [3.63, 3.8) is 0 Å². The Balaban J connectivity index is 1.57. The van der Waals surface area contributed by atoms with E-state index < -0.39 is 0 Å². The van der Waals surface area contributed by atoms with Crippen molar-refractivity contribution < 1.29 is 9.53 Å². The third-order valence-electron chi connectivity index (χ3n) is 3.34. The van der Waals surface area contributed by atoms with Crippen molar-refractivity contribution in [2.45, 2.75) is 19.9 Å². The number of hydrogen-bond donors (Lipinski definition) is 1. The van der Waals surface area contributed by atoms with E-state index in [1.807, 2.05) is 12.3 Å². The topological polar surface area (TPSA) is 67.4 Å². The Bertz CT molecular complexity index is 634. The summed E-state index contributed by atoms with van der Waals surface area (Å²) in [7, 11) is 0. The number of thiazole rings is 2. The van der Waals surface area contributed by atoms with Gasteiger partial charge in [-0.2, -0.15) is 0 Å². The SMILES string of the molecule is CCc1ncc(C(=O)Nc2nc(CN3CCOCC3)cs2)s1. The fraction of sp³-hybridized carbons (Fsp3) is 0.500. The van der Waals surface area contributed by atoms with Crippen LogP contribution in [0.4, 0.5) is 5.13 Å². The van der Waals surface area contributed by atoms with Crippen LogP contribution in [0.2, 0.25) is 0 Å². The molecule has 6 nitrogen and oxygen atoms in total. The van der Waals surface area contributed by atoms with Crippen LogP contribution in [0.5, 0.6) is 0 Å². The lowest BCUT2D eigenvalue weighted by Gasteiger charge is -2.25. The molecule has 0 aromatic carbocycles. The van der Waals surface area contributed by atoms with Crippen LogP contribution < -0.4 is 5.32 Å². The average molecular weight is 338 g/mol. The van der Waals surface area contributed by atoms with Gasteiger partial charge in [-0.25, -0.2) is 9.97 Å². The lowest BCUT2D eigenvalue weighted by Crippen LogP contribution is -2.35. The highest BCUT2D eigenvalue weighted by Gasteiger charge is 2.15. The summed E-state index contributed by atoms with van der Waals surface area (Å²) in [4.78, 5) is 23.8. The van der Waals surface area contributed by atoms with Gasteiger partial charge in [0.1, 0.15) is 4.88 Å². The molecule has 0 aliphatic carbocycles. The number of anilines is 1. The number of carbonyl (C=O) groups is 1. The van der Waals surface area contributed by atoms with Crippen molar-refractivity contribution in [1.29, 1.82) is 0 Å². The van der Waals surface area contributed by atoms with Crippen LogP contribution in [0.3, 0.4) is 0 Å². The van der Waals surface area contributed by atoms with Crippen molar-refractivity contribution in [2.24, 2.45) is 0 Å². The van der Waals surface area contributed by atoms with Crippen LogP contribution in [0.15, 0.2) is 11.6 Å². The van der Waals surface area contributed by atoms with E-state index in [4.69, 9.17) is 4.74 Å². The highest BCUT2D eigenvalue weighted by molar-refractivity contribution is 7.15. The first kappa shape index (κ1) is 15.5. The first-order chi connectivity index (χ1) is 10.7. The molecule has 1 aliphatic rings. The van der Waals surface area contributed by atoms with Gasteiger partial charge in [0.15, 0.2) is 5.13 Å². The molecule has 22 heavy (non-hydrogen) atoms. The van der Waals surface area contributed by atoms with Gasteiger partial charge in [0.05, 0.1) is 30.1 Å². The number of carbonyl (C=O) groups excluding carboxylic acids is 1. The summed E-state index contributed by atoms with van der Waals surface area (Å²) in [6.45, 7) is 6.24. The summed E-state index contributed by atoms with van der Waals surface area (Å²) in [6.07, 6.45) is 2.47. The van der Waals surface area contributed by atoms with E-state index in [-0.39, 0.29) is 5.91 Å². The van der Waals surface area contributed by atoms with Crippen LogP contribution in [0, 0.1) is 0 Å². The molecule has 0 spiro atoms. The van der Waals surface area contributed by atoms with E-state index in [9.17, 15) is 4.79 Å². The van der Waals surface area contributed by atoms with Gasteiger partial charge in [0, 0.05) is 25.0 Å². The molecule has 1 aliphatic heterocycles. The Morgan fingerprint density at radius 3 is 3.00 bits per heavy atom. The van der Waals surface area contributed by atoms with Gasteiger partial charge in [0.2, 0.25) is 0 Å². The summed E-state index contributed by atoms with van der Waals surface area (Å²) in [5.74, 6) is -0.135. The molecule has 8 heteroatoms. The second kappa shape index (κ2) is 7.28. The van der Waals surface area contributed by atoms with Crippen LogP contribution in [-0.2, 0) is 17.7 Å². The number of amides is 1.